The molecule has 0 bridgehead atoms. The number of amides is 1. The number of carbonyl (C=O) groups is 1. The van der Waals surface area contributed by atoms with Gasteiger partial charge in [0, 0.05) is 19.1 Å². The van der Waals surface area contributed by atoms with Crippen LogP contribution >= 0.6 is 12.2 Å². The molecule has 3 N–H and O–H groups in total. The van der Waals surface area contributed by atoms with Crippen molar-refractivity contribution in [2.45, 2.75) is 39.7 Å². The van der Waals surface area contributed by atoms with E-state index in [9.17, 15) is 13.2 Å². The smallest absolute Gasteiger partial charge is 0.242 e. The molecule has 1 amide bonds. The fraction of sp³-hybridized carbons (Fsp3) is 0.833. The molecular formula is C12H24N4O3S2. The van der Waals surface area contributed by atoms with Crippen molar-refractivity contribution in [3.05, 3.63) is 0 Å². The highest BCUT2D eigenvalue weighted by Gasteiger charge is 2.31. The Bertz CT molecular complexity index is 479. The number of hydrogen-bond acceptors (Lipinski definition) is 4. The van der Waals surface area contributed by atoms with Crippen molar-refractivity contribution in [3.8, 4) is 0 Å². The van der Waals surface area contributed by atoms with Gasteiger partial charge in [-0.2, -0.15) is 0 Å². The molecule has 0 unspecified atom stereocenters. The number of hydrogen-bond donors (Lipinski definition) is 3. The molecular weight excluding hydrogens is 312 g/mol. The van der Waals surface area contributed by atoms with Crippen LogP contribution in [0.15, 0.2) is 0 Å². The lowest BCUT2D eigenvalue weighted by Gasteiger charge is -2.31. The third-order valence-corrected chi connectivity index (χ3v) is 5.30. The standard InChI is InChI=1S/C12H24N4O3S2/c1-4-21(18,19)16-7-5-6-10(8-16)11(17)14-15-12(20)13-9(2)3/h9-10H,4-8H2,1-3H3,(H,14,17)(H2,13,15,20)/t10-/m1/s1. The number of hydrazine groups is 1. The largest absolute Gasteiger partial charge is 0.359 e. The molecule has 1 rings (SSSR count). The minimum absolute atomic E-state index is 0.0575. The summed E-state index contributed by atoms with van der Waals surface area (Å²) in [5.41, 5.74) is 5.16. The van der Waals surface area contributed by atoms with Crippen LogP contribution in [0.2, 0.25) is 0 Å². The van der Waals surface area contributed by atoms with Crippen molar-refractivity contribution in [1.82, 2.24) is 20.5 Å². The second-order valence-corrected chi connectivity index (χ2v) is 8.01. The van der Waals surface area contributed by atoms with Crippen LogP contribution in [0.5, 0.6) is 0 Å². The lowest BCUT2D eigenvalue weighted by atomic mass is 9.99. The van der Waals surface area contributed by atoms with Crippen LogP contribution in [0.3, 0.4) is 0 Å². The second-order valence-electron chi connectivity index (χ2n) is 5.34. The van der Waals surface area contributed by atoms with E-state index in [1.54, 1.807) is 6.92 Å². The predicted molar refractivity (Wildman–Crippen MR) is 85.9 cm³/mol. The van der Waals surface area contributed by atoms with Gasteiger partial charge in [0.2, 0.25) is 15.9 Å². The molecule has 1 heterocycles. The van der Waals surface area contributed by atoms with Gasteiger partial charge in [-0.1, -0.05) is 0 Å². The molecule has 0 aromatic rings. The summed E-state index contributed by atoms with van der Waals surface area (Å²) in [5.74, 6) is -0.532. The van der Waals surface area contributed by atoms with E-state index in [-0.39, 0.29) is 30.2 Å². The van der Waals surface area contributed by atoms with Crippen LogP contribution in [-0.2, 0) is 14.8 Å². The first-order chi connectivity index (χ1) is 9.76. The molecule has 122 valence electrons. The van der Waals surface area contributed by atoms with Crippen LogP contribution in [-0.4, -0.2) is 48.6 Å². The summed E-state index contributed by atoms with van der Waals surface area (Å²) in [7, 11) is -3.24. The average molecular weight is 336 g/mol. The minimum Gasteiger partial charge on any atom is -0.359 e. The fourth-order valence-corrected chi connectivity index (χ4v) is 3.58. The van der Waals surface area contributed by atoms with Gasteiger partial charge in [-0.25, -0.2) is 12.7 Å². The summed E-state index contributed by atoms with van der Waals surface area (Å²) in [6.45, 7) is 6.19. The van der Waals surface area contributed by atoms with Gasteiger partial charge in [0.05, 0.1) is 11.7 Å². The van der Waals surface area contributed by atoms with Crippen LogP contribution in [0.1, 0.15) is 33.6 Å². The zero-order valence-electron chi connectivity index (χ0n) is 12.7. The highest BCUT2D eigenvalue weighted by molar-refractivity contribution is 7.89. The topological polar surface area (TPSA) is 90.5 Å². The molecule has 1 saturated heterocycles. The van der Waals surface area contributed by atoms with Gasteiger partial charge in [0.15, 0.2) is 5.11 Å². The van der Waals surface area contributed by atoms with E-state index in [1.165, 1.54) is 4.31 Å². The summed E-state index contributed by atoms with van der Waals surface area (Å²) in [4.78, 5) is 12.1. The van der Waals surface area contributed by atoms with Crippen LogP contribution in [0, 0.1) is 5.92 Å². The van der Waals surface area contributed by atoms with Crippen molar-refractivity contribution in [2.75, 3.05) is 18.8 Å². The maximum atomic E-state index is 12.1. The highest BCUT2D eigenvalue weighted by atomic mass is 32.2. The summed E-state index contributed by atoms with van der Waals surface area (Å²) in [5, 5.41) is 3.28. The Morgan fingerprint density at radius 2 is 2.05 bits per heavy atom. The van der Waals surface area contributed by atoms with E-state index in [2.05, 4.69) is 16.2 Å². The van der Waals surface area contributed by atoms with Gasteiger partial charge in [-0.05, 0) is 45.8 Å². The molecule has 0 saturated carbocycles. The van der Waals surface area contributed by atoms with Crippen molar-refractivity contribution in [2.24, 2.45) is 5.92 Å². The number of nitrogens with one attached hydrogen (secondary N) is 3. The lowest BCUT2D eigenvalue weighted by Crippen LogP contribution is -2.53. The van der Waals surface area contributed by atoms with Gasteiger partial charge in [-0.15, -0.1) is 0 Å². The first-order valence-corrected chi connectivity index (χ1v) is 9.12. The van der Waals surface area contributed by atoms with Crippen LogP contribution in [0.4, 0.5) is 0 Å². The first kappa shape index (κ1) is 18.1. The summed E-state index contributed by atoms with van der Waals surface area (Å²) < 4.78 is 25.1. The Morgan fingerprint density at radius 1 is 1.38 bits per heavy atom. The third-order valence-electron chi connectivity index (χ3n) is 3.23. The fourth-order valence-electron chi connectivity index (χ4n) is 2.11. The Kier molecular flexibility index (Phi) is 6.82. The van der Waals surface area contributed by atoms with Gasteiger partial charge in [0.25, 0.3) is 0 Å². The molecule has 21 heavy (non-hydrogen) atoms. The summed E-state index contributed by atoms with van der Waals surface area (Å²) in [6.07, 6.45) is 1.36. The molecule has 1 aliphatic rings. The Balaban J connectivity index is 2.49. The van der Waals surface area contributed by atoms with Crippen molar-refractivity contribution in [1.29, 1.82) is 0 Å². The summed E-state index contributed by atoms with van der Waals surface area (Å²) in [6, 6.07) is 0.168. The van der Waals surface area contributed by atoms with E-state index in [1.807, 2.05) is 13.8 Å². The SMILES string of the molecule is CCS(=O)(=O)N1CCC[C@@H](C(=O)NNC(=S)NC(C)C)C1. The number of sulfonamides is 1. The molecule has 1 atom stereocenters. The molecule has 0 radical (unpaired) electrons. The van der Waals surface area contributed by atoms with Gasteiger partial charge < -0.3 is 5.32 Å². The van der Waals surface area contributed by atoms with Crippen molar-refractivity contribution >= 4 is 33.3 Å². The van der Waals surface area contributed by atoms with E-state index in [4.69, 9.17) is 12.2 Å². The molecule has 7 nitrogen and oxygen atoms in total. The van der Waals surface area contributed by atoms with Gasteiger partial charge in [0.1, 0.15) is 0 Å². The Hall–Kier alpha value is -0.930. The van der Waals surface area contributed by atoms with E-state index in [0.717, 1.165) is 0 Å². The minimum atomic E-state index is -3.24. The van der Waals surface area contributed by atoms with Gasteiger partial charge in [-0.3, -0.25) is 15.6 Å². The molecule has 0 aliphatic carbocycles. The zero-order valence-corrected chi connectivity index (χ0v) is 14.3. The normalized spacial score (nSPS) is 20.1. The van der Waals surface area contributed by atoms with Crippen molar-refractivity contribution in [3.63, 3.8) is 0 Å². The third kappa shape index (κ3) is 5.76. The van der Waals surface area contributed by atoms with Gasteiger partial charge >= 0.3 is 0 Å². The maximum absolute atomic E-state index is 12.1. The van der Waals surface area contributed by atoms with Crippen LogP contribution in [0.25, 0.3) is 0 Å². The number of thiocarbonyl (C=S) groups is 1. The highest BCUT2D eigenvalue weighted by Crippen LogP contribution is 2.19. The number of rotatable bonds is 4. The van der Waals surface area contributed by atoms with E-state index >= 15 is 0 Å². The van der Waals surface area contributed by atoms with E-state index in [0.29, 0.717) is 24.5 Å². The Labute approximate surface area is 131 Å². The molecule has 1 aliphatic heterocycles. The lowest BCUT2D eigenvalue weighted by molar-refractivity contribution is -0.126. The Morgan fingerprint density at radius 3 is 2.62 bits per heavy atom. The average Bonchev–Trinajstić information content (AvgIpc) is 2.44. The molecule has 0 aromatic heterocycles. The number of piperidine rings is 1. The van der Waals surface area contributed by atoms with Crippen molar-refractivity contribution < 1.29 is 13.2 Å². The molecule has 9 heteroatoms. The maximum Gasteiger partial charge on any atom is 0.242 e. The summed E-state index contributed by atoms with van der Waals surface area (Å²) >= 11 is 5.01. The number of carbonyl (C=O) groups excluding carboxylic acids is 1. The number of nitrogens with zero attached hydrogens (tertiary/aromatic N) is 1. The predicted octanol–water partition coefficient (Wildman–Crippen LogP) is -0.0482. The molecule has 1 fully saturated rings. The molecule has 0 spiro atoms. The van der Waals surface area contributed by atoms with E-state index < -0.39 is 10.0 Å². The monoisotopic (exact) mass is 336 g/mol. The quantitative estimate of drug-likeness (QED) is 0.493. The second kappa shape index (κ2) is 7.90. The van der Waals surface area contributed by atoms with Crippen LogP contribution < -0.4 is 16.2 Å². The zero-order chi connectivity index (χ0) is 16.0. The molecule has 0 aromatic carbocycles. The first-order valence-electron chi connectivity index (χ1n) is 7.10.